The lowest BCUT2D eigenvalue weighted by Gasteiger charge is -2.34. The van der Waals surface area contributed by atoms with Crippen molar-refractivity contribution in [2.75, 3.05) is 44.1 Å². The standard InChI is InChI=1S/C19H27N3O3/c1-13(2)17(23)20-14-5-6-16-15(11-14)19(7-9-25-10-8-19)12-22(16)18(24)21(3)4/h5-6,11,13H,7-10,12H2,1-4H3,(H,20,23). The first kappa shape index (κ1) is 17.7. The molecule has 0 saturated carbocycles. The van der Waals surface area contributed by atoms with Crippen molar-refractivity contribution in [3.8, 4) is 0 Å². The zero-order valence-corrected chi connectivity index (χ0v) is 15.5. The number of hydrogen-bond acceptors (Lipinski definition) is 3. The van der Waals surface area contributed by atoms with Gasteiger partial charge in [0.1, 0.15) is 0 Å². The monoisotopic (exact) mass is 345 g/mol. The van der Waals surface area contributed by atoms with Gasteiger partial charge in [0.2, 0.25) is 5.91 Å². The van der Waals surface area contributed by atoms with E-state index in [-0.39, 0.29) is 23.3 Å². The van der Waals surface area contributed by atoms with Crippen LogP contribution in [0.15, 0.2) is 18.2 Å². The fourth-order valence-electron chi connectivity index (χ4n) is 3.64. The minimum atomic E-state index is -0.0855. The number of carbonyl (C=O) groups is 2. The molecule has 1 saturated heterocycles. The maximum Gasteiger partial charge on any atom is 0.323 e. The van der Waals surface area contributed by atoms with Crippen LogP contribution in [0.3, 0.4) is 0 Å². The number of benzene rings is 1. The van der Waals surface area contributed by atoms with Crippen molar-refractivity contribution >= 4 is 23.3 Å². The first-order valence-electron chi connectivity index (χ1n) is 8.86. The van der Waals surface area contributed by atoms with E-state index in [1.165, 1.54) is 0 Å². The summed E-state index contributed by atoms with van der Waals surface area (Å²) in [5, 5.41) is 2.98. The second-order valence-electron chi connectivity index (χ2n) is 7.53. The number of rotatable bonds is 2. The molecule has 136 valence electrons. The first-order valence-corrected chi connectivity index (χ1v) is 8.86. The molecule has 1 aromatic rings. The van der Waals surface area contributed by atoms with Gasteiger partial charge in [-0.3, -0.25) is 9.69 Å². The highest BCUT2D eigenvalue weighted by atomic mass is 16.5. The molecule has 6 nitrogen and oxygen atoms in total. The average Bonchev–Trinajstić information content (AvgIpc) is 2.88. The Morgan fingerprint density at radius 2 is 1.92 bits per heavy atom. The molecule has 0 aliphatic carbocycles. The number of nitrogens with one attached hydrogen (secondary N) is 1. The average molecular weight is 345 g/mol. The van der Waals surface area contributed by atoms with E-state index < -0.39 is 0 Å². The lowest BCUT2D eigenvalue weighted by molar-refractivity contribution is -0.118. The highest BCUT2D eigenvalue weighted by molar-refractivity contribution is 5.97. The van der Waals surface area contributed by atoms with Crippen molar-refractivity contribution in [2.24, 2.45) is 5.92 Å². The van der Waals surface area contributed by atoms with E-state index in [1.54, 1.807) is 19.0 Å². The van der Waals surface area contributed by atoms with Gasteiger partial charge in [0.15, 0.2) is 0 Å². The smallest absolute Gasteiger partial charge is 0.323 e. The molecule has 0 bridgehead atoms. The molecule has 1 spiro atoms. The zero-order valence-electron chi connectivity index (χ0n) is 15.5. The van der Waals surface area contributed by atoms with Crippen molar-refractivity contribution in [1.29, 1.82) is 0 Å². The van der Waals surface area contributed by atoms with Crippen LogP contribution in [0.25, 0.3) is 0 Å². The van der Waals surface area contributed by atoms with Crippen LogP contribution < -0.4 is 10.2 Å². The summed E-state index contributed by atoms with van der Waals surface area (Å²) in [6.45, 7) is 5.82. The number of amides is 3. The molecule has 3 amide bonds. The van der Waals surface area contributed by atoms with Crippen molar-refractivity contribution < 1.29 is 14.3 Å². The van der Waals surface area contributed by atoms with Crippen molar-refractivity contribution in [1.82, 2.24) is 4.90 Å². The zero-order chi connectivity index (χ0) is 18.2. The molecular formula is C19H27N3O3. The Morgan fingerprint density at radius 1 is 1.24 bits per heavy atom. The van der Waals surface area contributed by atoms with E-state index in [0.29, 0.717) is 19.8 Å². The molecule has 3 rings (SSSR count). The van der Waals surface area contributed by atoms with Crippen LogP contribution in [-0.2, 0) is 14.9 Å². The van der Waals surface area contributed by atoms with Crippen LogP contribution in [0.1, 0.15) is 32.3 Å². The van der Waals surface area contributed by atoms with Crippen LogP contribution in [0, 0.1) is 5.92 Å². The van der Waals surface area contributed by atoms with Crippen LogP contribution in [0.2, 0.25) is 0 Å². The third-order valence-corrected chi connectivity index (χ3v) is 5.17. The molecule has 1 aromatic carbocycles. The molecule has 0 unspecified atom stereocenters. The Bertz CT molecular complexity index is 678. The minimum Gasteiger partial charge on any atom is -0.381 e. The lowest BCUT2D eigenvalue weighted by atomic mass is 9.76. The number of anilines is 2. The summed E-state index contributed by atoms with van der Waals surface area (Å²) >= 11 is 0. The van der Waals surface area contributed by atoms with Gasteiger partial charge in [-0.25, -0.2) is 4.79 Å². The summed E-state index contributed by atoms with van der Waals surface area (Å²) in [5.74, 6) is -0.0719. The van der Waals surface area contributed by atoms with Gasteiger partial charge in [-0.1, -0.05) is 13.8 Å². The molecular weight excluding hydrogens is 318 g/mol. The molecule has 0 aromatic heterocycles. The number of ether oxygens (including phenoxy) is 1. The number of fused-ring (bicyclic) bond motifs is 2. The molecule has 0 atom stereocenters. The van der Waals surface area contributed by atoms with Crippen molar-refractivity contribution in [2.45, 2.75) is 32.1 Å². The molecule has 25 heavy (non-hydrogen) atoms. The van der Waals surface area contributed by atoms with Crippen LogP contribution in [-0.4, -0.2) is 50.7 Å². The third-order valence-electron chi connectivity index (χ3n) is 5.17. The maximum atomic E-state index is 12.6. The summed E-state index contributed by atoms with van der Waals surface area (Å²) in [5.41, 5.74) is 2.80. The SMILES string of the molecule is CC(C)C(=O)Nc1ccc2c(c1)C1(CCOCC1)CN2C(=O)N(C)C. The van der Waals surface area contributed by atoms with Gasteiger partial charge < -0.3 is 15.0 Å². The van der Waals surface area contributed by atoms with E-state index in [4.69, 9.17) is 4.74 Å². The number of hydrogen-bond donors (Lipinski definition) is 1. The summed E-state index contributed by atoms with van der Waals surface area (Å²) in [7, 11) is 3.54. The molecule has 2 aliphatic rings. The van der Waals surface area contributed by atoms with Gasteiger partial charge in [-0.05, 0) is 36.6 Å². The fourth-order valence-corrected chi connectivity index (χ4v) is 3.64. The van der Waals surface area contributed by atoms with E-state index in [1.807, 2.05) is 36.9 Å². The van der Waals surface area contributed by atoms with Gasteiger partial charge in [0.25, 0.3) is 0 Å². The Labute approximate surface area is 149 Å². The molecule has 6 heteroatoms. The van der Waals surface area contributed by atoms with Crippen LogP contribution in [0.5, 0.6) is 0 Å². The highest BCUT2D eigenvalue weighted by Gasteiger charge is 2.46. The molecule has 1 N–H and O–H groups in total. The second kappa shape index (κ2) is 6.67. The summed E-state index contributed by atoms with van der Waals surface area (Å²) in [6, 6.07) is 5.87. The lowest BCUT2D eigenvalue weighted by Crippen LogP contribution is -2.44. The van der Waals surface area contributed by atoms with Gasteiger partial charge in [0, 0.05) is 56.6 Å². The Morgan fingerprint density at radius 3 is 2.52 bits per heavy atom. The van der Waals surface area contributed by atoms with E-state index in [2.05, 4.69) is 5.32 Å². The Hall–Kier alpha value is -2.08. The molecule has 2 aliphatic heterocycles. The molecule has 2 heterocycles. The normalized spacial score (nSPS) is 18.4. The second-order valence-corrected chi connectivity index (χ2v) is 7.53. The quantitative estimate of drug-likeness (QED) is 0.896. The van der Waals surface area contributed by atoms with Crippen molar-refractivity contribution in [3.05, 3.63) is 23.8 Å². The van der Waals surface area contributed by atoms with Gasteiger partial charge in [-0.15, -0.1) is 0 Å². The van der Waals surface area contributed by atoms with E-state index >= 15 is 0 Å². The summed E-state index contributed by atoms with van der Waals surface area (Å²) in [4.78, 5) is 28.1. The first-order chi connectivity index (χ1) is 11.8. The number of carbonyl (C=O) groups excluding carboxylic acids is 2. The van der Waals surface area contributed by atoms with Crippen LogP contribution in [0.4, 0.5) is 16.2 Å². The largest absolute Gasteiger partial charge is 0.381 e. The predicted molar refractivity (Wildman–Crippen MR) is 98.1 cm³/mol. The fraction of sp³-hybridized carbons (Fsp3) is 0.579. The van der Waals surface area contributed by atoms with Crippen LogP contribution >= 0.6 is 0 Å². The highest BCUT2D eigenvalue weighted by Crippen LogP contribution is 2.47. The molecule has 0 radical (unpaired) electrons. The Kier molecular flexibility index (Phi) is 4.73. The Balaban J connectivity index is 1.99. The number of nitrogens with zero attached hydrogens (tertiary/aromatic N) is 2. The summed E-state index contributed by atoms with van der Waals surface area (Å²) in [6.07, 6.45) is 1.78. The number of urea groups is 1. The minimum absolute atomic E-state index is 0.000184. The van der Waals surface area contributed by atoms with Crippen molar-refractivity contribution in [3.63, 3.8) is 0 Å². The van der Waals surface area contributed by atoms with E-state index in [0.717, 1.165) is 29.8 Å². The predicted octanol–water partition coefficient (Wildman–Crippen LogP) is 2.83. The van der Waals surface area contributed by atoms with Gasteiger partial charge in [0.05, 0.1) is 0 Å². The third kappa shape index (κ3) is 3.23. The van der Waals surface area contributed by atoms with Gasteiger partial charge >= 0.3 is 6.03 Å². The summed E-state index contributed by atoms with van der Waals surface area (Å²) < 4.78 is 5.56. The van der Waals surface area contributed by atoms with Gasteiger partial charge in [-0.2, -0.15) is 0 Å². The molecule has 1 fully saturated rings. The maximum absolute atomic E-state index is 12.6. The topological polar surface area (TPSA) is 61.9 Å². The van der Waals surface area contributed by atoms with E-state index in [9.17, 15) is 9.59 Å².